The molecule has 2 aromatic carbocycles. The zero-order valence-corrected chi connectivity index (χ0v) is 22.0. The van der Waals surface area contributed by atoms with Crippen molar-refractivity contribution in [3.63, 3.8) is 0 Å². The summed E-state index contributed by atoms with van der Waals surface area (Å²) in [5, 5.41) is 2.01. The van der Waals surface area contributed by atoms with Crippen molar-refractivity contribution in [2.75, 3.05) is 51.3 Å². The molecule has 7 heteroatoms. The van der Waals surface area contributed by atoms with Crippen LogP contribution in [0.4, 0.5) is 5.69 Å². The highest BCUT2D eigenvalue weighted by molar-refractivity contribution is 7.10. The molecule has 1 aromatic heterocycles. The normalized spacial score (nSPS) is 20.0. The molecule has 1 fully saturated rings. The van der Waals surface area contributed by atoms with Crippen LogP contribution in [0.3, 0.4) is 0 Å². The Morgan fingerprint density at radius 1 is 1.00 bits per heavy atom. The Balaban J connectivity index is 1.46. The summed E-state index contributed by atoms with van der Waals surface area (Å²) in [6, 6.07) is 17.7. The maximum Gasteiger partial charge on any atom is 0.254 e. The number of ether oxygens (including phenoxy) is 1. The van der Waals surface area contributed by atoms with Gasteiger partial charge in [0.05, 0.1) is 18.6 Å². The number of aryl methyl sites for hydroxylation is 1. The van der Waals surface area contributed by atoms with E-state index in [2.05, 4.69) is 36.9 Å². The van der Waals surface area contributed by atoms with Gasteiger partial charge >= 0.3 is 0 Å². The van der Waals surface area contributed by atoms with Crippen LogP contribution in [0.1, 0.15) is 43.9 Å². The van der Waals surface area contributed by atoms with Gasteiger partial charge in [0.15, 0.2) is 0 Å². The molecule has 0 unspecified atom stereocenters. The van der Waals surface area contributed by atoms with E-state index >= 15 is 0 Å². The molecule has 0 saturated carbocycles. The van der Waals surface area contributed by atoms with E-state index in [-0.39, 0.29) is 17.9 Å². The van der Waals surface area contributed by atoms with Gasteiger partial charge in [0, 0.05) is 56.0 Å². The molecule has 6 nitrogen and oxygen atoms in total. The minimum Gasteiger partial charge on any atom is -0.383 e. The number of thiophene rings is 1. The second-order valence-corrected chi connectivity index (χ2v) is 10.5. The first-order valence-electron chi connectivity index (χ1n) is 12.5. The molecule has 0 spiro atoms. The number of hydrogen-bond acceptors (Lipinski definition) is 5. The molecule has 3 aromatic rings. The molecule has 0 radical (unpaired) electrons. The SMILES string of the molecule is COCCN1C(=O)c2ccccc2[C@H](C(=O)N2CCN(c3cccc(C)c3C)CC2)[C@H]1c1cccs1. The zero-order chi connectivity index (χ0) is 25.2. The Morgan fingerprint density at radius 2 is 1.78 bits per heavy atom. The minimum atomic E-state index is -0.443. The van der Waals surface area contributed by atoms with E-state index in [0.29, 0.717) is 31.8 Å². The van der Waals surface area contributed by atoms with Crippen LogP contribution in [0.5, 0.6) is 0 Å². The summed E-state index contributed by atoms with van der Waals surface area (Å²) in [4.78, 5) is 35.1. The van der Waals surface area contributed by atoms with Crippen molar-refractivity contribution in [3.8, 4) is 0 Å². The first kappa shape index (κ1) is 24.5. The lowest BCUT2D eigenvalue weighted by Gasteiger charge is -2.44. The number of benzene rings is 2. The van der Waals surface area contributed by atoms with E-state index in [1.165, 1.54) is 16.8 Å². The quantitative estimate of drug-likeness (QED) is 0.492. The molecule has 2 amide bonds. The van der Waals surface area contributed by atoms with Crippen molar-refractivity contribution >= 4 is 28.8 Å². The third-order valence-corrected chi connectivity index (χ3v) is 8.53. The van der Waals surface area contributed by atoms with Gasteiger partial charge in [0.2, 0.25) is 5.91 Å². The summed E-state index contributed by atoms with van der Waals surface area (Å²) in [5.41, 5.74) is 5.27. The van der Waals surface area contributed by atoms with Gasteiger partial charge in [-0.3, -0.25) is 9.59 Å². The molecular weight excluding hydrogens is 470 g/mol. The number of piperazine rings is 1. The molecule has 2 atom stereocenters. The number of nitrogens with zero attached hydrogens (tertiary/aromatic N) is 3. The Labute approximate surface area is 217 Å². The fourth-order valence-electron chi connectivity index (χ4n) is 5.51. The maximum atomic E-state index is 14.3. The highest BCUT2D eigenvalue weighted by Crippen LogP contribution is 2.45. The molecule has 3 heterocycles. The highest BCUT2D eigenvalue weighted by atomic mass is 32.1. The number of amides is 2. The van der Waals surface area contributed by atoms with E-state index in [1.54, 1.807) is 18.4 Å². The summed E-state index contributed by atoms with van der Waals surface area (Å²) >= 11 is 1.60. The minimum absolute atomic E-state index is 0.0372. The van der Waals surface area contributed by atoms with Crippen LogP contribution in [0.2, 0.25) is 0 Å². The van der Waals surface area contributed by atoms with Crippen LogP contribution in [-0.4, -0.2) is 68.1 Å². The van der Waals surface area contributed by atoms with Crippen molar-refractivity contribution in [1.82, 2.24) is 9.80 Å². The topological polar surface area (TPSA) is 53.1 Å². The summed E-state index contributed by atoms with van der Waals surface area (Å²) in [5.74, 6) is -0.386. The Morgan fingerprint density at radius 3 is 2.50 bits per heavy atom. The van der Waals surface area contributed by atoms with E-state index in [9.17, 15) is 9.59 Å². The van der Waals surface area contributed by atoms with Gasteiger partial charge in [-0.15, -0.1) is 11.3 Å². The van der Waals surface area contributed by atoms with Crippen molar-refractivity contribution in [3.05, 3.63) is 87.1 Å². The van der Waals surface area contributed by atoms with Gasteiger partial charge in [-0.2, -0.15) is 0 Å². The molecule has 0 N–H and O–H groups in total. The molecule has 188 valence electrons. The fraction of sp³-hybridized carbons (Fsp3) is 0.379. The molecular formula is C29H33N3O3S. The highest BCUT2D eigenvalue weighted by Gasteiger charge is 2.46. The van der Waals surface area contributed by atoms with E-state index in [4.69, 9.17) is 4.74 Å². The molecule has 1 saturated heterocycles. The standard InChI is InChI=1S/C29H33N3O3S/c1-20-8-6-11-24(21(20)2)30-13-15-31(16-14-30)29(34)26-22-9-4-5-10-23(22)28(33)32(17-18-35-3)27(26)25-12-7-19-36-25/h4-12,19,26-27H,13-18H2,1-3H3/t26-,27+/m0/s1. The lowest BCUT2D eigenvalue weighted by Crippen LogP contribution is -2.53. The van der Waals surface area contributed by atoms with Crippen molar-refractivity contribution in [2.24, 2.45) is 0 Å². The molecule has 0 bridgehead atoms. The van der Waals surface area contributed by atoms with E-state index < -0.39 is 5.92 Å². The predicted molar refractivity (Wildman–Crippen MR) is 144 cm³/mol. The first-order chi connectivity index (χ1) is 17.5. The number of rotatable bonds is 6. The number of hydrogen-bond donors (Lipinski definition) is 0. The molecule has 36 heavy (non-hydrogen) atoms. The molecule has 5 rings (SSSR count). The lowest BCUT2D eigenvalue weighted by atomic mass is 9.81. The zero-order valence-electron chi connectivity index (χ0n) is 21.1. The van der Waals surface area contributed by atoms with E-state index in [1.807, 2.05) is 51.6 Å². The first-order valence-corrected chi connectivity index (χ1v) is 13.4. The lowest BCUT2D eigenvalue weighted by molar-refractivity contribution is -0.135. The van der Waals surface area contributed by atoms with Crippen LogP contribution in [0.25, 0.3) is 0 Å². The van der Waals surface area contributed by atoms with E-state index in [0.717, 1.165) is 23.5 Å². The summed E-state index contributed by atoms with van der Waals surface area (Å²) < 4.78 is 5.34. The van der Waals surface area contributed by atoms with Crippen LogP contribution in [-0.2, 0) is 9.53 Å². The van der Waals surface area contributed by atoms with Crippen LogP contribution in [0.15, 0.2) is 60.0 Å². The average molecular weight is 504 g/mol. The van der Waals surface area contributed by atoms with Gasteiger partial charge in [-0.05, 0) is 54.1 Å². The number of fused-ring (bicyclic) bond motifs is 1. The fourth-order valence-corrected chi connectivity index (χ4v) is 6.39. The van der Waals surface area contributed by atoms with Crippen LogP contribution < -0.4 is 4.90 Å². The van der Waals surface area contributed by atoms with Crippen LogP contribution in [0, 0.1) is 13.8 Å². The van der Waals surface area contributed by atoms with Gasteiger partial charge in [-0.1, -0.05) is 36.4 Å². The van der Waals surface area contributed by atoms with Gasteiger partial charge < -0.3 is 19.4 Å². The number of carbonyl (C=O) groups is 2. The monoisotopic (exact) mass is 503 g/mol. The van der Waals surface area contributed by atoms with Crippen LogP contribution >= 0.6 is 11.3 Å². The third kappa shape index (κ3) is 4.42. The van der Waals surface area contributed by atoms with Crippen molar-refractivity contribution < 1.29 is 14.3 Å². The van der Waals surface area contributed by atoms with Gasteiger partial charge in [0.25, 0.3) is 5.91 Å². The Bertz CT molecular complexity index is 1230. The molecule has 2 aliphatic rings. The second kappa shape index (κ2) is 10.4. The summed E-state index contributed by atoms with van der Waals surface area (Å²) in [6.07, 6.45) is 0. The van der Waals surface area contributed by atoms with Crippen molar-refractivity contribution in [1.29, 1.82) is 0 Å². The number of anilines is 1. The summed E-state index contributed by atoms with van der Waals surface area (Å²) in [6.45, 7) is 8.07. The number of methoxy groups -OCH3 is 1. The molecule has 0 aliphatic carbocycles. The Kier molecular flexibility index (Phi) is 7.12. The number of carbonyl (C=O) groups excluding carboxylic acids is 2. The maximum absolute atomic E-state index is 14.3. The largest absolute Gasteiger partial charge is 0.383 e. The Hall–Kier alpha value is -3.16. The average Bonchev–Trinajstić information content (AvgIpc) is 3.44. The smallest absolute Gasteiger partial charge is 0.254 e. The third-order valence-electron chi connectivity index (χ3n) is 7.58. The van der Waals surface area contributed by atoms with Gasteiger partial charge in [0.1, 0.15) is 0 Å². The predicted octanol–water partition coefficient (Wildman–Crippen LogP) is 4.64. The molecule has 2 aliphatic heterocycles. The van der Waals surface area contributed by atoms with Gasteiger partial charge in [-0.25, -0.2) is 0 Å². The second-order valence-electron chi connectivity index (χ2n) is 9.55. The van der Waals surface area contributed by atoms with Crippen molar-refractivity contribution in [2.45, 2.75) is 25.8 Å². The summed E-state index contributed by atoms with van der Waals surface area (Å²) in [7, 11) is 1.64.